The van der Waals surface area contributed by atoms with Crippen LogP contribution in [0.15, 0.2) is 12.2 Å². The van der Waals surface area contributed by atoms with E-state index >= 15 is 0 Å². The zero-order valence-electron chi connectivity index (χ0n) is 36.8. The number of phosphoric acid groups is 1. The van der Waals surface area contributed by atoms with Crippen molar-refractivity contribution in [3.8, 4) is 0 Å². The topological polar surface area (TPSA) is 151 Å². The van der Waals surface area contributed by atoms with E-state index in [1.54, 1.807) is 6.08 Å². The van der Waals surface area contributed by atoms with Gasteiger partial charge < -0.3 is 26.2 Å². The van der Waals surface area contributed by atoms with E-state index in [2.05, 4.69) is 19.2 Å². The average Bonchev–Trinajstić information content (AvgIpc) is 3.17. The molecule has 56 heavy (non-hydrogen) atoms. The number of carbonyl (C=O) groups is 1. The van der Waals surface area contributed by atoms with Crippen molar-refractivity contribution in [2.24, 2.45) is 5.73 Å². The standard InChI is InChI=1S/C46H93N2O7P/c1-3-5-7-9-11-13-15-17-19-20-21-22-23-24-25-27-29-31-33-35-37-43(49)41-46(51)48-44(42-55-56(52,53)54-40-39-47)45(50)38-36-34-32-30-28-26-18-16-14-12-10-8-6-4-2/h36,38,43-45,49-50H,3-35,37,39-42,47H2,1-2H3,(H,48,51)(H,52,53)/b38-36+. The van der Waals surface area contributed by atoms with Crippen molar-refractivity contribution in [1.82, 2.24) is 5.32 Å². The van der Waals surface area contributed by atoms with Gasteiger partial charge in [-0.3, -0.25) is 13.8 Å². The van der Waals surface area contributed by atoms with Crippen LogP contribution in [0.2, 0.25) is 0 Å². The Balaban J connectivity index is 4.18. The molecule has 0 radical (unpaired) electrons. The second kappa shape index (κ2) is 42.3. The molecule has 10 heteroatoms. The van der Waals surface area contributed by atoms with Crippen LogP contribution in [0.4, 0.5) is 0 Å². The predicted octanol–water partition coefficient (Wildman–Crippen LogP) is 12.5. The lowest BCUT2D eigenvalue weighted by atomic mass is 10.0. The monoisotopic (exact) mass is 817 g/mol. The van der Waals surface area contributed by atoms with E-state index in [9.17, 15) is 24.5 Å². The summed E-state index contributed by atoms with van der Waals surface area (Å²) in [5, 5.41) is 24.1. The quantitative estimate of drug-likeness (QED) is 0.0231. The second-order valence-electron chi connectivity index (χ2n) is 16.5. The number of aliphatic hydroxyl groups excluding tert-OH is 2. The summed E-state index contributed by atoms with van der Waals surface area (Å²) in [7, 11) is -4.40. The minimum atomic E-state index is -4.40. The Morgan fingerprint density at radius 1 is 0.607 bits per heavy atom. The van der Waals surface area contributed by atoms with Crippen LogP contribution < -0.4 is 11.1 Å². The summed E-state index contributed by atoms with van der Waals surface area (Å²) in [5.41, 5.74) is 5.37. The van der Waals surface area contributed by atoms with Gasteiger partial charge in [0.05, 0.1) is 37.9 Å². The van der Waals surface area contributed by atoms with E-state index in [1.165, 1.54) is 173 Å². The highest BCUT2D eigenvalue weighted by molar-refractivity contribution is 7.47. The van der Waals surface area contributed by atoms with Crippen LogP contribution in [0.5, 0.6) is 0 Å². The molecule has 4 atom stereocenters. The van der Waals surface area contributed by atoms with Crippen molar-refractivity contribution in [3.05, 3.63) is 12.2 Å². The molecule has 9 nitrogen and oxygen atoms in total. The Hall–Kier alpha value is -0.800. The molecular weight excluding hydrogens is 723 g/mol. The van der Waals surface area contributed by atoms with E-state index < -0.39 is 38.6 Å². The van der Waals surface area contributed by atoms with Gasteiger partial charge in [0, 0.05) is 6.54 Å². The van der Waals surface area contributed by atoms with Crippen LogP contribution in [0.25, 0.3) is 0 Å². The summed E-state index contributed by atoms with van der Waals surface area (Å²) in [6, 6.07) is -0.977. The highest BCUT2D eigenvalue weighted by Gasteiger charge is 2.27. The average molecular weight is 817 g/mol. The number of hydrogen-bond donors (Lipinski definition) is 5. The molecule has 0 aromatic heterocycles. The Bertz CT molecular complexity index is 909. The molecule has 0 heterocycles. The van der Waals surface area contributed by atoms with E-state index in [4.69, 9.17) is 14.8 Å². The fraction of sp³-hybridized carbons (Fsp3) is 0.935. The van der Waals surface area contributed by atoms with E-state index in [1.807, 2.05) is 6.08 Å². The maximum absolute atomic E-state index is 12.8. The summed E-state index contributed by atoms with van der Waals surface area (Å²) in [6.07, 6.45) is 44.4. The molecule has 6 N–H and O–H groups in total. The lowest BCUT2D eigenvalue weighted by Gasteiger charge is -2.24. The van der Waals surface area contributed by atoms with Crippen LogP contribution in [0.3, 0.4) is 0 Å². The van der Waals surface area contributed by atoms with Gasteiger partial charge >= 0.3 is 7.82 Å². The first-order valence-electron chi connectivity index (χ1n) is 23.9. The number of amides is 1. The molecule has 0 aliphatic heterocycles. The number of allylic oxidation sites excluding steroid dienone is 1. The molecule has 4 unspecified atom stereocenters. The van der Waals surface area contributed by atoms with Gasteiger partial charge in [0.15, 0.2) is 0 Å². The number of hydrogen-bond acceptors (Lipinski definition) is 7. The van der Waals surface area contributed by atoms with Gasteiger partial charge in [0.25, 0.3) is 0 Å². The minimum Gasteiger partial charge on any atom is -0.393 e. The zero-order valence-corrected chi connectivity index (χ0v) is 37.7. The van der Waals surface area contributed by atoms with Gasteiger partial charge in [-0.25, -0.2) is 4.57 Å². The molecule has 0 saturated heterocycles. The number of rotatable bonds is 45. The smallest absolute Gasteiger partial charge is 0.393 e. The van der Waals surface area contributed by atoms with Crippen LogP contribution in [-0.2, 0) is 18.4 Å². The maximum Gasteiger partial charge on any atom is 0.472 e. The molecule has 0 saturated carbocycles. The van der Waals surface area contributed by atoms with E-state index in [0.29, 0.717) is 6.42 Å². The molecule has 0 spiro atoms. The first-order valence-corrected chi connectivity index (χ1v) is 25.4. The molecule has 0 aromatic rings. The summed E-state index contributed by atoms with van der Waals surface area (Å²) in [6.45, 7) is 4.00. The number of nitrogens with two attached hydrogens (primary N) is 1. The van der Waals surface area contributed by atoms with Gasteiger partial charge in [-0.2, -0.15) is 0 Å². The van der Waals surface area contributed by atoms with Crippen molar-refractivity contribution < 1.29 is 33.5 Å². The van der Waals surface area contributed by atoms with Gasteiger partial charge in [-0.15, -0.1) is 0 Å². The normalized spacial score (nSPS) is 14.6. The molecule has 334 valence electrons. The number of unbranched alkanes of at least 4 members (excludes halogenated alkanes) is 31. The fourth-order valence-corrected chi connectivity index (χ4v) is 8.06. The third-order valence-corrected chi connectivity index (χ3v) is 11.9. The number of carbonyl (C=O) groups excluding carboxylic acids is 1. The third-order valence-electron chi connectivity index (χ3n) is 10.9. The van der Waals surface area contributed by atoms with Crippen LogP contribution >= 0.6 is 7.82 Å². The zero-order chi connectivity index (χ0) is 41.2. The summed E-state index contributed by atoms with van der Waals surface area (Å²) < 4.78 is 22.1. The van der Waals surface area contributed by atoms with Gasteiger partial charge in [-0.05, 0) is 19.3 Å². The first kappa shape index (κ1) is 55.2. The Morgan fingerprint density at radius 2 is 0.982 bits per heavy atom. The molecular formula is C46H93N2O7P. The van der Waals surface area contributed by atoms with Crippen LogP contribution in [0, 0.1) is 0 Å². The Labute approximate surface area is 346 Å². The third kappa shape index (κ3) is 40.0. The number of aliphatic hydroxyl groups is 2. The minimum absolute atomic E-state index is 0.0516. The molecule has 0 aromatic carbocycles. The van der Waals surface area contributed by atoms with Gasteiger partial charge in [-0.1, -0.05) is 225 Å². The van der Waals surface area contributed by atoms with Gasteiger partial charge in [0.1, 0.15) is 0 Å². The van der Waals surface area contributed by atoms with Gasteiger partial charge in [0.2, 0.25) is 5.91 Å². The molecule has 0 fully saturated rings. The maximum atomic E-state index is 12.8. The molecule has 0 aliphatic carbocycles. The lowest BCUT2D eigenvalue weighted by molar-refractivity contribution is -0.124. The summed E-state index contributed by atoms with van der Waals surface area (Å²) in [5.74, 6) is -0.441. The fourth-order valence-electron chi connectivity index (χ4n) is 7.30. The van der Waals surface area contributed by atoms with Crippen molar-refractivity contribution in [3.63, 3.8) is 0 Å². The SMILES string of the molecule is CCCCCCCCCCCCCC/C=C/C(O)C(COP(=O)(O)OCCN)NC(=O)CC(O)CCCCCCCCCCCCCCCCCCCCCC. The summed E-state index contributed by atoms with van der Waals surface area (Å²) >= 11 is 0. The highest BCUT2D eigenvalue weighted by Crippen LogP contribution is 2.43. The molecule has 0 rings (SSSR count). The summed E-state index contributed by atoms with van der Waals surface area (Å²) in [4.78, 5) is 22.8. The van der Waals surface area contributed by atoms with Crippen molar-refractivity contribution in [1.29, 1.82) is 0 Å². The number of phosphoric ester groups is 1. The van der Waals surface area contributed by atoms with Crippen molar-refractivity contribution >= 4 is 13.7 Å². The van der Waals surface area contributed by atoms with Crippen LogP contribution in [-0.4, -0.2) is 59.0 Å². The van der Waals surface area contributed by atoms with Crippen molar-refractivity contribution in [2.75, 3.05) is 19.8 Å². The first-order chi connectivity index (χ1) is 27.3. The molecule has 0 bridgehead atoms. The molecule has 0 aliphatic rings. The molecule has 1 amide bonds. The highest BCUT2D eigenvalue weighted by atomic mass is 31.2. The Kier molecular flexibility index (Phi) is 41.7. The van der Waals surface area contributed by atoms with E-state index in [0.717, 1.165) is 38.5 Å². The second-order valence-corrected chi connectivity index (χ2v) is 18.0. The van der Waals surface area contributed by atoms with E-state index in [-0.39, 0.29) is 19.6 Å². The number of nitrogens with one attached hydrogen (secondary N) is 1. The lowest BCUT2D eigenvalue weighted by Crippen LogP contribution is -2.46. The van der Waals surface area contributed by atoms with Crippen LogP contribution in [0.1, 0.15) is 239 Å². The van der Waals surface area contributed by atoms with Crippen molar-refractivity contribution in [2.45, 2.75) is 257 Å². The predicted molar refractivity (Wildman–Crippen MR) is 237 cm³/mol. The Morgan fingerprint density at radius 3 is 1.38 bits per heavy atom. The largest absolute Gasteiger partial charge is 0.472 e.